The lowest BCUT2D eigenvalue weighted by molar-refractivity contribution is -0.231. The van der Waals surface area contributed by atoms with Crippen LogP contribution in [0, 0.1) is 24.7 Å². The SMILES string of the molecule is Cc1cc(C(=O)NC2CCN(C(=O)OC(C)(C)C)CC2)ccc1-c1ccc(C[C@H](CC(=O)C2CCC(CNC(=O)OC(C)(C)C)CC2)C(=O)Nc2ccc(-c3n[nH]c(C(F)(F)C(F)(F)C(=O)O)n3)cc2)cc1. The van der Waals surface area contributed by atoms with Crippen LogP contribution in [0.5, 0.6) is 0 Å². The lowest BCUT2D eigenvalue weighted by Gasteiger charge is -2.33. The molecule has 72 heavy (non-hydrogen) atoms. The van der Waals surface area contributed by atoms with Gasteiger partial charge < -0.3 is 35.4 Å². The van der Waals surface area contributed by atoms with Crippen LogP contribution in [0.15, 0.2) is 66.7 Å². The van der Waals surface area contributed by atoms with Crippen molar-refractivity contribution in [2.75, 3.05) is 25.0 Å². The van der Waals surface area contributed by atoms with E-state index in [2.05, 4.69) is 26.0 Å². The Morgan fingerprint density at radius 1 is 0.806 bits per heavy atom. The van der Waals surface area contributed by atoms with E-state index in [1.54, 1.807) is 36.8 Å². The number of nitrogens with one attached hydrogen (secondary N) is 4. The topological polar surface area (TPSA) is 222 Å². The van der Waals surface area contributed by atoms with Crippen molar-refractivity contribution in [3.63, 3.8) is 0 Å². The van der Waals surface area contributed by atoms with Gasteiger partial charge in [-0.1, -0.05) is 30.3 Å². The predicted octanol–water partition coefficient (Wildman–Crippen LogP) is 9.48. The van der Waals surface area contributed by atoms with Crippen LogP contribution >= 0.6 is 0 Å². The lowest BCUT2D eigenvalue weighted by atomic mass is 9.77. The summed E-state index contributed by atoms with van der Waals surface area (Å²) < 4.78 is 67.2. The Bertz CT molecular complexity index is 2590. The molecule has 1 saturated heterocycles. The Kier molecular flexibility index (Phi) is 16.9. The number of anilines is 1. The molecule has 4 aromatic rings. The molecule has 0 radical (unpaired) electrons. The minimum Gasteiger partial charge on any atom is -0.477 e. The molecule has 0 unspecified atom stereocenters. The fraction of sp³-hybridized carbons (Fsp3) is 0.500. The minimum atomic E-state index is -5.46. The largest absolute Gasteiger partial charge is 0.477 e. The van der Waals surface area contributed by atoms with E-state index in [9.17, 15) is 46.3 Å². The van der Waals surface area contributed by atoms with Crippen molar-refractivity contribution in [1.82, 2.24) is 30.7 Å². The number of ether oxygens (including phenoxy) is 2. The van der Waals surface area contributed by atoms with Gasteiger partial charge in [-0.15, -0.1) is 0 Å². The smallest absolute Gasteiger partial charge is 0.411 e. The number of rotatable bonds is 16. The first kappa shape index (κ1) is 54.5. The van der Waals surface area contributed by atoms with Crippen LogP contribution in [-0.4, -0.2) is 104 Å². The number of aryl methyl sites for hydroxylation is 1. The third kappa shape index (κ3) is 14.2. The van der Waals surface area contributed by atoms with Crippen LogP contribution < -0.4 is 16.0 Å². The number of alkyl carbamates (subject to hydrolysis) is 1. The average Bonchev–Trinajstić information content (AvgIpc) is 3.82. The number of benzene rings is 3. The normalized spacial score (nSPS) is 17.3. The van der Waals surface area contributed by atoms with Crippen molar-refractivity contribution in [2.45, 2.75) is 129 Å². The summed E-state index contributed by atoms with van der Waals surface area (Å²) in [6, 6.07) is 18.5. The Morgan fingerprint density at radius 2 is 1.42 bits per heavy atom. The summed E-state index contributed by atoms with van der Waals surface area (Å²) in [7, 11) is 0. The van der Waals surface area contributed by atoms with E-state index in [1.165, 1.54) is 24.3 Å². The highest BCUT2D eigenvalue weighted by Gasteiger charge is 2.65. The van der Waals surface area contributed by atoms with Crippen LogP contribution in [-0.2, 0) is 36.2 Å². The number of aromatic nitrogens is 3. The number of ketones is 1. The molecule has 16 nitrogen and oxygen atoms in total. The number of aromatic amines is 1. The molecule has 1 aliphatic heterocycles. The van der Waals surface area contributed by atoms with Crippen molar-refractivity contribution in [3.8, 4) is 22.5 Å². The molecule has 5 N–H and O–H groups in total. The lowest BCUT2D eigenvalue weighted by Crippen LogP contribution is -2.47. The number of carbonyl (C=O) groups is 6. The molecule has 4 amide bonds. The van der Waals surface area contributed by atoms with E-state index < -0.39 is 58.6 Å². The summed E-state index contributed by atoms with van der Waals surface area (Å²) in [6.45, 7) is 14.1. The van der Waals surface area contributed by atoms with Crippen molar-refractivity contribution in [3.05, 3.63) is 89.2 Å². The molecule has 1 aromatic heterocycles. The van der Waals surface area contributed by atoms with Crippen molar-refractivity contribution in [1.29, 1.82) is 0 Å². The van der Waals surface area contributed by atoms with E-state index in [0.29, 0.717) is 63.7 Å². The van der Waals surface area contributed by atoms with E-state index >= 15 is 0 Å². The van der Waals surface area contributed by atoms with E-state index in [0.717, 1.165) is 22.3 Å². The second kappa shape index (κ2) is 22.3. The molecule has 1 saturated carbocycles. The molecule has 6 rings (SSSR count). The number of halogens is 4. The summed E-state index contributed by atoms with van der Waals surface area (Å²) in [6.07, 6.45) is 3.01. The highest BCUT2D eigenvalue weighted by molar-refractivity contribution is 5.97. The van der Waals surface area contributed by atoms with Crippen LogP contribution in [0.2, 0.25) is 0 Å². The molecule has 0 bridgehead atoms. The van der Waals surface area contributed by atoms with Gasteiger partial charge in [0.25, 0.3) is 5.91 Å². The third-order valence-corrected chi connectivity index (χ3v) is 12.6. The molecule has 388 valence electrons. The zero-order valence-electron chi connectivity index (χ0n) is 41.5. The number of alkyl halides is 4. The molecule has 1 atom stereocenters. The summed E-state index contributed by atoms with van der Waals surface area (Å²) in [5.74, 6) is -17.5. The Hall–Kier alpha value is -6.86. The molecule has 2 aliphatic rings. The number of aliphatic carboxylic acids is 1. The number of H-pyrrole nitrogens is 1. The number of amides is 4. The number of hydrogen-bond donors (Lipinski definition) is 5. The van der Waals surface area contributed by atoms with Crippen molar-refractivity contribution < 1.29 is 60.9 Å². The van der Waals surface area contributed by atoms with Crippen LogP contribution in [0.1, 0.15) is 114 Å². The molecule has 2 heterocycles. The summed E-state index contributed by atoms with van der Waals surface area (Å²) >= 11 is 0. The third-order valence-electron chi connectivity index (χ3n) is 12.6. The Labute approximate surface area is 415 Å². The van der Waals surface area contributed by atoms with Gasteiger partial charge in [-0.05, 0) is 158 Å². The number of nitrogens with zero attached hydrogens (tertiary/aromatic N) is 3. The molecule has 2 fully saturated rings. The molecule has 1 aliphatic carbocycles. The zero-order valence-corrected chi connectivity index (χ0v) is 41.5. The van der Waals surface area contributed by atoms with E-state index in [4.69, 9.17) is 14.6 Å². The maximum atomic E-state index is 14.4. The Balaban J connectivity index is 1.11. The summed E-state index contributed by atoms with van der Waals surface area (Å²) in [4.78, 5) is 81.9. The second-order valence-electron chi connectivity index (χ2n) is 20.6. The number of Topliss-reactive ketones (excluding diaryl/α,β-unsaturated/α-hetero) is 1. The highest BCUT2D eigenvalue weighted by atomic mass is 19.3. The average molecular weight is 1010 g/mol. The second-order valence-corrected chi connectivity index (χ2v) is 20.6. The van der Waals surface area contributed by atoms with Gasteiger partial charge >= 0.3 is 30.0 Å². The van der Waals surface area contributed by atoms with Gasteiger partial charge in [-0.2, -0.15) is 22.7 Å². The number of hydrogen-bond acceptors (Lipinski definition) is 10. The summed E-state index contributed by atoms with van der Waals surface area (Å²) in [5, 5.41) is 22.6. The predicted molar refractivity (Wildman–Crippen MR) is 258 cm³/mol. The molecular weight excluding hydrogens is 943 g/mol. The monoisotopic (exact) mass is 1010 g/mol. The molecule has 20 heteroatoms. The first-order chi connectivity index (χ1) is 33.7. The maximum Gasteiger partial charge on any atom is 0.411 e. The van der Waals surface area contributed by atoms with Crippen molar-refractivity contribution in [2.24, 2.45) is 17.8 Å². The van der Waals surface area contributed by atoms with Crippen LogP contribution in [0.4, 0.5) is 32.8 Å². The summed E-state index contributed by atoms with van der Waals surface area (Å²) in [5.41, 5.74) is 3.02. The maximum absolute atomic E-state index is 14.4. The van der Waals surface area contributed by atoms with Gasteiger partial charge in [-0.3, -0.25) is 19.5 Å². The Morgan fingerprint density at radius 3 is 2.00 bits per heavy atom. The first-order valence-electron chi connectivity index (χ1n) is 24.0. The highest BCUT2D eigenvalue weighted by Crippen LogP contribution is 2.42. The zero-order chi connectivity index (χ0) is 52.8. The molecule has 0 spiro atoms. The number of carboxylic acids is 1. The molecular formula is C52H63F4N7O9. The first-order valence-corrected chi connectivity index (χ1v) is 24.0. The number of carbonyl (C=O) groups excluding carboxylic acids is 5. The van der Waals surface area contributed by atoms with Gasteiger partial charge in [0.1, 0.15) is 17.0 Å². The quantitative estimate of drug-likeness (QED) is 0.0665. The minimum absolute atomic E-state index is 0.0716. The van der Waals surface area contributed by atoms with Crippen LogP contribution in [0.25, 0.3) is 22.5 Å². The van der Waals surface area contributed by atoms with Gasteiger partial charge in [0.05, 0.1) is 0 Å². The number of likely N-dealkylation sites (tertiary alicyclic amines) is 1. The van der Waals surface area contributed by atoms with E-state index in [-0.39, 0.29) is 59.8 Å². The molecule has 3 aromatic carbocycles. The van der Waals surface area contributed by atoms with Gasteiger partial charge in [0, 0.05) is 60.7 Å². The van der Waals surface area contributed by atoms with Crippen LogP contribution in [0.3, 0.4) is 0 Å². The van der Waals surface area contributed by atoms with Crippen molar-refractivity contribution >= 4 is 41.4 Å². The number of carboxylic acid groups (broad SMARTS) is 1. The fourth-order valence-corrected chi connectivity index (χ4v) is 8.69. The van der Waals surface area contributed by atoms with Gasteiger partial charge in [-0.25, -0.2) is 19.4 Å². The fourth-order valence-electron chi connectivity index (χ4n) is 8.69. The van der Waals surface area contributed by atoms with E-state index in [1.807, 2.05) is 64.1 Å². The standard InChI is InChI=1S/C52H63F4N7O9/c1-30-26-36(43(65)59-39-22-24-63(25-23-39)48(70)72-50(5,6)7)18-21-40(30)33-12-8-31(9-13-33)27-37(28-41(64)34-14-10-32(11-15-34)29-57-47(69)71-49(2,3)4)44(66)58-38-19-16-35(17-20-38)42-60-45(62-61-42)51(53,54)52(55,56)46(67)68/h8-9,12-13,16-21,26,32,34,37,39H,10-11,14-15,22-25,27-29H2,1-7H3,(H,57,69)(H,58,66)(H,59,65)(H,67,68)(H,60,61,62)/t32?,34?,37-/m1/s1. The van der Waals surface area contributed by atoms with Gasteiger partial charge in [0.15, 0.2) is 5.82 Å². The van der Waals surface area contributed by atoms with Gasteiger partial charge in [0.2, 0.25) is 11.7 Å². The number of piperidine rings is 1.